The maximum absolute atomic E-state index is 11.8. The van der Waals surface area contributed by atoms with Crippen LogP contribution in [-0.4, -0.2) is 5.78 Å². The molecule has 2 nitrogen and oxygen atoms in total. The number of carbonyl (C=O) groups excluding carboxylic acids is 1. The zero-order valence-corrected chi connectivity index (χ0v) is 12.6. The van der Waals surface area contributed by atoms with Crippen molar-refractivity contribution < 1.29 is 9.53 Å². The van der Waals surface area contributed by atoms with E-state index in [1.54, 1.807) is 6.92 Å². The summed E-state index contributed by atoms with van der Waals surface area (Å²) < 4.78 is 6.30. The molecule has 3 unspecified atom stereocenters. The molecule has 0 aromatic heterocycles. The van der Waals surface area contributed by atoms with Crippen molar-refractivity contribution in [3.05, 3.63) is 58.7 Å². The first-order valence-electron chi connectivity index (χ1n) is 8.12. The van der Waals surface area contributed by atoms with Crippen LogP contribution in [-0.2, 0) is 9.53 Å². The van der Waals surface area contributed by atoms with Gasteiger partial charge in [0, 0.05) is 5.92 Å². The third-order valence-corrected chi connectivity index (χ3v) is 5.64. The van der Waals surface area contributed by atoms with E-state index in [4.69, 9.17) is 4.74 Å². The summed E-state index contributed by atoms with van der Waals surface area (Å²) in [5.74, 6) is 0.527. The van der Waals surface area contributed by atoms with Crippen molar-refractivity contribution >= 4 is 16.6 Å². The van der Waals surface area contributed by atoms with Gasteiger partial charge in [0.25, 0.3) is 0 Å². The number of Topliss-reactive ketones (excluding diaryl/α,β-unsaturated/α-hetero) is 1. The van der Waals surface area contributed by atoms with Gasteiger partial charge < -0.3 is 4.74 Å². The number of ether oxygens (including phenoxy) is 1. The molecule has 0 radical (unpaired) electrons. The van der Waals surface area contributed by atoms with Crippen molar-refractivity contribution in [3.63, 3.8) is 0 Å². The SMILES string of the molecule is CC(=O)C1CCC2=C(C1)C1OC2c2cc3ccccc3cc21. The lowest BCUT2D eigenvalue weighted by Gasteiger charge is -2.28. The highest BCUT2D eigenvalue weighted by molar-refractivity contribution is 5.85. The van der Waals surface area contributed by atoms with Gasteiger partial charge >= 0.3 is 0 Å². The summed E-state index contributed by atoms with van der Waals surface area (Å²) in [4.78, 5) is 11.8. The van der Waals surface area contributed by atoms with Crippen LogP contribution in [0.25, 0.3) is 10.8 Å². The van der Waals surface area contributed by atoms with E-state index in [0.717, 1.165) is 19.3 Å². The molecule has 3 aliphatic rings. The lowest BCUT2D eigenvalue weighted by atomic mass is 9.74. The molecular weight excluding hydrogens is 272 g/mol. The fourth-order valence-electron chi connectivity index (χ4n) is 4.46. The van der Waals surface area contributed by atoms with Crippen molar-refractivity contribution in [2.45, 2.75) is 38.4 Å². The molecule has 0 N–H and O–H groups in total. The number of ketones is 1. The van der Waals surface area contributed by atoms with Crippen molar-refractivity contribution in [1.29, 1.82) is 0 Å². The molecule has 2 aromatic rings. The van der Waals surface area contributed by atoms with Crippen LogP contribution in [0, 0.1) is 5.92 Å². The van der Waals surface area contributed by atoms with Gasteiger partial charge in [0.05, 0.1) is 0 Å². The molecule has 110 valence electrons. The van der Waals surface area contributed by atoms with Gasteiger partial charge in [-0.05, 0) is 71.4 Å². The van der Waals surface area contributed by atoms with Crippen LogP contribution in [0.15, 0.2) is 47.5 Å². The first-order valence-corrected chi connectivity index (χ1v) is 8.12. The Labute approximate surface area is 129 Å². The van der Waals surface area contributed by atoms with E-state index in [9.17, 15) is 4.79 Å². The van der Waals surface area contributed by atoms with E-state index in [1.165, 1.54) is 33.0 Å². The minimum atomic E-state index is 0.0988. The van der Waals surface area contributed by atoms with Crippen LogP contribution in [0.4, 0.5) is 0 Å². The highest BCUT2D eigenvalue weighted by atomic mass is 16.5. The van der Waals surface area contributed by atoms with Crippen LogP contribution in [0.3, 0.4) is 0 Å². The van der Waals surface area contributed by atoms with Gasteiger partial charge in [-0.25, -0.2) is 0 Å². The average Bonchev–Trinajstić information content (AvgIpc) is 3.09. The molecule has 1 aliphatic carbocycles. The number of benzene rings is 2. The first-order chi connectivity index (χ1) is 10.7. The van der Waals surface area contributed by atoms with Crippen molar-refractivity contribution in [2.75, 3.05) is 0 Å². The Morgan fingerprint density at radius 3 is 2.32 bits per heavy atom. The Hall–Kier alpha value is -1.93. The molecular formula is C20H18O2. The Morgan fingerprint density at radius 1 is 1.05 bits per heavy atom. The molecule has 0 saturated carbocycles. The summed E-state index contributed by atoms with van der Waals surface area (Å²) in [6.45, 7) is 1.73. The summed E-state index contributed by atoms with van der Waals surface area (Å²) in [6, 6.07) is 13.1. The second-order valence-corrected chi connectivity index (χ2v) is 6.83. The molecule has 5 rings (SSSR count). The number of hydrogen-bond donors (Lipinski definition) is 0. The third-order valence-electron chi connectivity index (χ3n) is 5.64. The van der Waals surface area contributed by atoms with E-state index in [0.29, 0.717) is 5.78 Å². The maximum atomic E-state index is 11.8. The van der Waals surface area contributed by atoms with Gasteiger partial charge in [-0.15, -0.1) is 0 Å². The molecule has 2 bridgehead atoms. The van der Waals surface area contributed by atoms with Gasteiger partial charge in [-0.2, -0.15) is 0 Å². The van der Waals surface area contributed by atoms with Crippen LogP contribution in [0.2, 0.25) is 0 Å². The summed E-state index contributed by atoms with van der Waals surface area (Å²) in [6.07, 6.45) is 3.16. The normalized spacial score (nSPS) is 28.9. The summed E-state index contributed by atoms with van der Waals surface area (Å²) >= 11 is 0. The van der Waals surface area contributed by atoms with Crippen LogP contribution in [0.5, 0.6) is 0 Å². The largest absolute Gasteiger partial charge is 0.357 e. The summed E-state index contributed by atoms with van der Waals surface area (Å²) in [5, 5.41) is 2.57. The molecule has 0 fully saturated rings. The number of hydrogen-bond acceptors (Lipinski definition) is 2. The molecule has 2 aliphatic heterocycles. The topological polar surface area (TPSA) is 26.3 Å². The first kappa shape index (κ1) is 12.6. The smallest absolute Gasteiger partial charge is 0.133 e. The Balaban J connectivity index is 1.63. The van der Waals surface area contributed by atoms with E-state index in [2.05, 4.69) is 36.4 Å². The van der Waals surface area contributed by atoms with Gasteiger partial charge in [-0.1, -0.05) is 24.3 Å². The van der Waals surface area contributed by atoms with Crippen molar-refractivity contribution in [1.82, 2.24) is 0 Å². The minimum absolute atomic E-state index is 0.0988. The highest BCUT2D eigenvalue weighted by Gasteiger charge is 2.46. The quantitative estimate of drug-likeness (QED) is 0.714. The lowest BCUT2D eigenvalue weighted by molar-refractivity contribution is -0.121. The Morgan fingerprint density at radius 2 is 1.68 bits per heavy atom. The zero-order chi connectivity index (χ0) is 14.8. The molecule has 2 heterocycles. The average molecular weight is 290 g/mol. The van der Waals surface area contributed by atoms with Crippen molar-refractivity contribution in [3.8, 4) is 0 Å². The summed E-state index contributed by atoms with van der Waals surface area (Å²) in [5.41, 5.74) is 5.54. The standard InChI is InChI=1S/C20H18O2/c1-11(21)12-6-7-15-16(8-12)20-18-10-14-5-3-2-4-13(14)9-17(18)19(15)22-20/h2-5,9-10,12,19-20H,6-8H2,1H3. The van der Waals surface area contributed by atoms with Gasteiger partial charge in [0.15, 0.2) is 0 Å². The number of rotatable bonds is 1. The molecule has 22 heavy (non-hydrogen) atoms. The fourth-order valence-corrected chi connectivity index (χ4v) is 4.46. The van der Waals surface area contributed by atoms with Crippen LogP contribution < -0.4 is 0 Å². The third kappa shape index (κ3) is 1.56. The summed E-state index contributed by atoms with van der Waals surface area (Å²) in [7, 11) is 0. The molecule has 2 aromatic carbocycles. The highest BCUT2D eigenvalue weighted by Crippen LogP contribution is 2.59. The molecule has 0 amide bonds. The number of carbonyl (C=O) groups is 1. The second kappa shape index (κ2) is 4.30. The van der Waals surface area contributed by atoms with E-state index < -0.39 is 0 Å². The van der Waals surface area contributed by atoms with Gasteiger partial charge in [-0.3, -0.25) is 4.79 Å². The van der Waals surface area contributed by atoms with Gasteiger partial charge in [0.2, 0.25) is 0 Å². The predicted molar refractivity (Wildman–Crippen MR) is 85.6 cm³/mol. The fraction of sp³-hybridized carbons (Fsp3) is 0.350. The number of fused-ring (bicyclic) bond motifs is 8. The van der Waals surface area contributed by atoms with Crippen LogP contribution in [0.1, 0.15) is 49.5 Å². The van der Waals surface area contributed by atoms with E-state index in [-0.39, 0.29) is 18.1 Å². The van der Waals surface area contributed by atoms with Crippen LogP contribution >= 0.6 is 0 Å². The Bertz CT molecular complexity index is 846. The minimum Gasteiger partial charge on any atom is -0.357 e. The molecule has 2 heteroatoms. The maximum Gasteiger partial charge on any atom is 0.133 e. The van der Waals surface area contributed by atoms with Crippen molar-refractivity contribution in [2.24, 2.45) is 5.92 Å². The van der Waals surface area contributed by atoms with E-state index >= 15 is 0 Å². The second-order valence-electron chi connectivity index (χ2n) is 6.83. The Kier molecular flexibility index (Phi) is 2.46. The lowest BCUT2D eigenvalue weighted by Crippen LogP contribution is -2.20. The van der Waals surface area contributed by atoms with Gasteiger partial charge in [0.1, 0.15) is 18.0 Å². The molecule has 0 spiro atoms. The molecule has 0 saturated heterocycles. The van der Waals surface area contributed by atoms with E-state index in [1.807, 2.05) is 0 Å². The molecule has 3 atom stereocenters. The zero-order valence-electron chi connectivity index (χ0n) is 12.6. The monoisotopic (exact) mass is 290 g/mol. The predicted octanol–water partition coefficient (Wildman–Crippen LogP) is 4.65.